The fourth-order valence-corrected chi connectivity index (χ4v) is 3.96. The molecular weight excluding hydrogens is 454 g/mol. The number of carbonyl (C=O) groups is 2. The van der Waals surface area contributed by atoms with Gasteiger partial charge in [-0.05, 0) is 73.0 Å². The molecule has 2 amide bonds. The Labute approximate surface area is 199 Å². The van der Waals surface area contributed by atoms with Crippen LogP contribution in [0.1, 0.15) is 41.0 Å². The summed E-state index contributed by atoms with van der Waals surface area (Å²) in [6.45, 7) is 4.84. The molecule has 3 aromatic rings. The molecule has 0 radical (unpaired) electrons. The highest BCUT2D eigenvalue weighted by atomic mass is 32.2. The van der Waals surface area contributed by atoms with Crippen molar-refractivity contribution in [2.24, 2.45) is 5.92 Å². The van der Waals surface area contributed by atoms with Gasteiger partial charge in [-0.3, -0.25) is 25.2 Å². The number of amides is 2. The normalized spacial score (nSPS) is 11.0. The van der Waals surface area contributed by atoms with Gasteiger partial charge in [0.15, 0.2) is 0 Å². The Kier molecular flexibility index (Phi) is 8.26. The molecule has 34 heavy (non-hydrogen) atoms. The van der Waals surface area contributed by atoms with E-state index in [0.717, 1.165) is 6.42 Å². The van der Waals surface area contributed by atoms with Crippen LogP contribution in [0.3, 0.4) is 0 Å². The molecule has 0 aliphatic rings. The number of carbonyl (C=O) groups excluding carboxylic acids is 2. The van der Waals surface area contributed by atoms with Crippen LogP contribution in [0.25, 0.3) is 0 Å². The molecule has 0 aromatic heterocycles. The summed E-state index contributed by atoms with van der Waals surface area (Å²) in [5, 5.41) is 0. The highest BCUT2D eigenvalue weighted by Crippen LogP contribution is 2.17. The van der Waals surface area contributed by atoms with E-state index in [1.54, 1.807) is 42.5 Å². The van der Waals surface area contributed by atoms with Gasteiger partial charge in [-0.15, -0.1) is 0 Å². The second-order valence-electron chi connectivity index (χ2n) is 7.96. The molecule has 0 saturated heterocycles. The van der Waals surface area contributed by atoms with E-state index in [0.29, 0.717) is 29.5 Å². The van der Waals surface area contributed by atoms with E-state index in [1.165, 1.54) is 36.4 Å². The Morgan fingerprint density at radius 2 is 1.32 bits per heavy atom. The third-order valence-corrected chi connectivity index (χ3v) is 6.22. The van der Waals surface area contributed by atoms with Gasteiger partial charge in [0.2, 0.25) is 0 Å². The van der Waals surface area contributed by atoms with E-state index < -0.39 is 21.8 Å². The molecule has 178 valence electrons. The summed E-state index contributed by atoms with van der Waals surface area (Å²) < 4.78 is 32.9. The highest BCUT2D eigenvalue weighted by molar-refractivity contribution is 7.92. The van der Waals surface area contributed by atoms with E-state index in [9.17, 15) is 18.0 Å². The first-order valence-corrected chi connectivity index (χ1v) is 12.2. The van der Waals surface area contributed by atoms with Crippen molar-refractivity contribution in [1.82, 2.24) is 10.9 Å². The summed E-state index contributed by atoms with van der Waals surface area (Å²) in [6, 6.07) is 20.4. The summed E-state index contributed by atoms with van der Waals surface area (Å²) in [7, 11) is -3.73. The van der Waals surface area contributed by atoms with Gasteiger partial charge in [0.1, 0.15) is 5.75 Å². The molecule has 0 bridgehead atoms. The second-order valence-corrected chi connectivity index (χ2v) is 9.64. The first kappa shape index (κ1) is 24.8. The summed E-state index contributed by atoms with van der Waals surface area (Å²) in [6.07, 6.45) is 0.939. The molecule has 3 rings (SSSR count). The molecule has 9 heteroatoms. The zero-order valence-corrected chi connectivity index (χ0v) is 19.8. The maximum atomic E-state index is 12.4. The summed E-state index contributed by atoms with van der Waals surface area (Å²) in [5.74, 6) is 0.196. The first-order valence-electron chi connectivity index (χ1n) is 10.8. The number of hydrogen-bond donors (Lipinski definition) is 3. The van der Waals surface area contributed by atoms with Gasteiger partial charge in [-0.25, -0.2) is 8.42 Å². The molecule has 0 unspecified atom stereocenters. The van der Waals surface area contributed by atoms with Crippen molar-refractivity contribution in [2.75, 3.05) is 11.3 Å². The predicted octanol–water partition coefficient (Wildman–Crippen LogP) is 3.99. The molecule has 0 heterocycles. The number of sulfonamides is 1. The third-order valence-electron chi connectivity index (χ3n) is 4.82. The minimum Gasteiger partial charge on any atom is -0.494 e. The van der Waals surface area contributed by atoms with Gasteiger partial charge in [0, 0.05) is 16.8 Å². The number of hydrazine groups is 1. The maximum absolute atomic E-state index is 12.4. The lowest BCUT2D eigenvalue weighted by molar-refractivity contribution is 0.0846. The molecule has 0 spiro atoms. The molecule has 0 aliphatic carbocycles. The van der Waals surface area contributed by atoms with Gasteiger partial charge in [0.25, 0.3) is 21.8 Å². The van der Waals surface area contributed by atoms with Crippen LogP contribution in [-0.2, 0) is 10.0 Å². The van der Waals surface area contributed by atoms with Gasteiger partial charge >= 0.3 is 0 Å². The highest BCUT2D eigenvalue weighted by Gasteiger charge is 2.14. The van der Waals surface area contributed by atoms with Crippen molar-refractivity contribution in [3.63, 3.8) is 0 Å². The van der Waals surface area contributed by atoms with E-state index >= 15 is 0 Å². The topological polar surface area (TPSA) is 114 Å². The van der Waals surface area contributed by atoms with Gasteiger partial charge in [-0.2, -0.15) is 0 Å². The summed E-state index contributed by atoms with van der Waals surface area (Å²) in [4.78, 5) is 24.8. The zero-order chi connectivity index (χ0) is 24.6. The van der Waals surface area contributed by atoms with Crippen LogP contribution in [0.5, 0.6) is 5.75 Å². The number of nitrogens with one attached hydrogen (secondary N) is 3. The van der Waals surface area contributed by atoms with Crippen LogP contribution >= 0.6 is 0 Å². The number of anilines is 1. The number of rotatable bonds is 9. The van der Waals surface area contributed by atoms with Gasteiger partial charge in [-0.1, -0.05) is 32.0 Å². The Morgan fingerprint density at radius 3 is 1.85 bits per heavy atom. The van der Waals surface area contributed by atoms with Crippen LogP contribution < -0.4 is 20.3 Å². The van der Waals surface area contributed by atoms with Crippen molar-refractivity contribution in [1.29, 1.82) is 0 Å². The summed E-state index contributed by atoms with van der Waals surface area (Å²) in [5.41, 5.74) is 5.62. The fourth-order valence-electron chi connectivity index (χ4n) is 2.88. The van der Waals surface area contributed by atoms with Crippen molar-refractivity contribution in [3.05, 3.63) is 90.0 Å². The molecule has 3 aromatic carbocycles. The quantitative estimate of drug-likeness (QED) is 0.400. The van der Waals surface area contributed by atoms with Crippen LogP contribution in [0.2, 0.25) is 0 Å². The third kappa shape index (κ3) is 7.08. The van der Waals surface area contributed by atoms with Crippen LogP contribution in [0, 0.1) is 5.92 Å². The van der Waals surface area contributed by atoms with E-state index in [2.05, 4.69) is 29.4 Å². The van der Waals surface area contributed by atoms with Crippen molar-refractivity contribution >= 4 is 27.5 Å². The minimum absolute atomic E-state index is 0.134. The monoisotopic (exact) mass is 481 g/mol. The van der Waals surface area contributed by atoms with Crippen molar-refractivity contribution in [3.8, 4) is 5.75 Å². The lowest BCUT2D eigenvalue weighted by Crippen LogP contribution is -2.41. The van der Waals surface area contributed by atoms with Crippen LogP contribution in [0.15, 0.2) is 83.8 Å². The number of hydrogen-bond acceptors (Lipinski definition) is 5. The molecule has 8 nitrogen and oxygen atoms in total. The molecule has 0 atom stereocenters. The first-order chi connectivity index (χ1) is 16.2. The average molecular weight is 482 g/mol. The van der Waals surface area contributed by atoms with E-state index in [4.69, 9.17) is 4.74 Å². The Hall–Kier alpha value is -3.85. The molecule has 0 saturated carbocycles. The van der Waals surface area contributed by atoms with Crippen molar-refractivity contribution in [2.45, 2.75) is 25.2 Å². The summed E-state index contributed by atoms with van der Waals surface area (Å²) >= 11 is 0. The van der Waals surface area contributed by atoms with Gasteiger partial charge in [0.05, 0.1) is 11.5 Å². The zero-order valence-electron chi connectivity index (χ0n) is 18.9. The van der Waals surface area contributed by atoms with Crippen LogP contribution in [-0.4, -0.2) is 26.8 Å². The number of benzene rings is 3. The van der Waals surface area contributed by atoms with E-state index in [1.807, 2.05) is 0 Å². The fraction of sp³-hybridized carbons (Fsp3) is 0.200. The SMILES string of the molecule is CC(C)CCOc1ccc(C(=O)NNC(=O)c2ccc(NS(=O)(=O)c3ccccc3)cc2)cc1. The maximum Gasteiger partial charge on any atom is 0.269 e. The van der Waals surface area contributed by atoms with Gasteiger partial charge < -0.3 is 4.74 Å². The smallest absolute Gasteiger partial charge is 0.269 e. The van der Waals surface area contributed by atoms with E-state index in [-0.39, 0.29) is 10.5 Å². The number of ether oxygens (including phenoxy) is 1. The Morgan fingerprint density at radius 1 is 0.794 bits per heavy atom. The Balaban J connectivity index is 1.51. The average Bonchev–Trinajstić information content (AvgIpc) is 2.83. The largest absolute Gasteiger partial charge is 0.494 e. The lowest BCUT2D eigenvalue weighted by Gasteiger charge is -2.11. The lowest BCUT2D eigenvalue weighted by atomic mass is 10.1. The minimum atomic E-state index is -3.73. The molecular formula is C25H27N3O5S. The Bertz CT molecular complexity index is 1210. The second kappa shape index (κ2) is 11.3. The molecule has 3 N–H and O–H groups in total. The van der Waals surface area contributed by atoms with Crippen molar-refractivity contribution < 1.29 is 22.7 Å². The van der Waals surface area contributed by atoms with Crippen LogP contribution in [0.4, 0.5) is 5.69 Å². The molecule has 0 aliphatic heterocycles. The standard InChI is InChI=1S/C25H27N3O5S/c1-18(2)16-17-33-22-14-10-20(11-15-22)25(30)27-26-24(29)19-8-12-21(13-9-19)28-34(31,32)23-6-4-3-5-7-23/h3-15,18,28H,16-17H2,1-2H3,(H,26,29)(H,27,30). The molecule has 0 fully saturated rings. The predicted molar refractivity (Wildman–Crippen MR) is 130 cm³/mol.